The van der Waals surface area contributed by atoms with Gasteiger partial charge < -0.3 is 10.1 Å². The molecule has 0 amide bonds. The molecule has 1 N–H and O–H groups in total. The van der Waals surface area contributed by atoms with Crippen molar-refractivity contribution in [2.75, 3.05) is 5.32 Å². The molecule has 1 aromatic rings. The Labute approximate surface area is 125 Å². The van der Waals surface area contributed by atoms with E-state index in [-0.39, 0.29) is 16.7 Å². The summed E-state index contributed by atoms with van der Waals surface area (Å²) in [7, 11) is 0. The van der Waals surface area contributed by atoms with Crippen LogP contribution in [-0.4, -0.2) is 17.1 Å². The van der Waals surface area contributed by atoms with E-state index in [0.29, 0.717) is 23.6 Å². The van der Waals surface area contributed by atoms with E-state index in [0.717, 1.165) is 12.1 Å². The van der Waals surface area contributed by atoms with Gasteiger partial charge in [-0.3, -0.25) is 10.1 Å². The molecule has 3 unspecified atom stereocenters. The van der Waals surface area contributed by atoms with Gasteiger partial charge in [-0.15, -0.1) is 0 Å². The van der Waals surface area contributed by atoms with Crippen LogP contribution in [0.3, 0.4) is 0 Å². The summed E-state index contributed by atoms with van der Waals surface area (Å²) in [6.07, 6.45) is 2.29. The monoisotopic (exact) mass is 292 g/mol. The van der Waals surface area contributed by atoms with Crippen LogP contribution >= 0.6 is 0 Å². The molecule has 0 bridgehead atoms. The second-order valence-corrected chi connectivity index (χ2v) is 6.30. The Morgan fingerprint density at radius 3 is 2.52 bits per heavy atom. The number of hydrogen-bond donors (Lipinski definition) is 1. The number of non-ortho nitro benzene ring substituents is 1. The van der Waals surface area contributed by atoms with Crippen molar-refractivity contribution in [2.24, 2.45) is 11.8 Å². The van der Waals surface area contributed by atoms with Crippen molar-refractivity contribution < 1.29 is 9.66 Å². The molecule has 0 spiro atoms. The highest BCUT2D eigenvalue weighted by molar-refractivity contribution is 5.57. The highest BCUT2D eigenvalue weighted by atomic mass is 16.6. The predicted molar refractivity (Wildman–Crippen MR) is 83.8 cm³/mol. The third kappa shape index (κ3) is 3.86. The summed E-state index contributed by atoms with van der Waals surface area (Å²) >= 11 is 0. The van der Waals surface area contributed by atoms with Gasteiger partial charge in [0.2, 0.25) is 0 Å². The normalized spacial score (nSPS) is 25.1. The Hall–Kier alpha value is -1.78. The van der Waals surface area contributed by atoms with E-state index >= 15 is 0 Å². The molecule has 5 nitrogen and oxygen atoms in total. The largest absolute Gasteiger partial charge is 0.491 e. The second kappa shape index (κ2) is 6.33. The Morgan fingerprint density at radius 2 is 2.00 bits per heavy atom. The van der Waals surface area contributed by atoms with Crippen LogP contribution in [-0.2, 0) is 0 Å². The fraction of sp³-hybridized carbons (Fsp3) is 0.625. The number of benzene rings is 1. The van der Waals surface area contributed by atoms with Gasteiger partial charge in [0, 0.05) is 23.9 Å². The molecule has 2 rings (SSSR count). The van der Waals surface area contributed by atoms with Crippen molar-refractivity contribution in [1.82, 2.24) is 0 Å². The van der Waals surface area contributed by atoms with Gasteiger partial charge in [0.25, 0.3) is 5.69 Å². The first-order valence-corrected chi connectivity index (χ1v) is 7.59. The number of nitro benzene ring substituents is 1. The standard InChI is InChI=1S/C16H24N2O3/c1-10(2)21-15-8-13(7-14(9-15)18(19)20)17-16-6-5-11(3)12(16)4/h7-12,16-17H,5-6H2,1-4H3. The summed E-state index contributed by atoms with van der Waals surface area (Å²) in [5, 5.41) is 14.5. The Morgan fingerprint density at radius 1 is 1.29 bits per heavy atom. The molecule has 0 aliphatic heterocycles. The lowest BCUT2D eigenvalue weighted by molar-refractivity contribution is -0.384. The summed E-state index contributed by atoms with van der Waals surface area (Å²) in [6.45, 7) is 8.31. The van der Waals surface area contributed by atoms with Gasteiger partial charge in [-0.05, 0) is 38.5 Å². The lowest BCUT2D eigenvalue weighted by Crippen LogP contribution is -2.24. The number of anilines is 1. The van der Waals surface area contributed by atoms with Crippen molar-refractivity contribution in [1.29, 1.82) is 0 Å². The predicted octanol–water partition coefficient (Wildman–Crippen LogP) is 4.23. The van der Waals surface area contributed by atoms with Gasteiger partial charge in [0.15, 0.2) is 0 Å². The molecule has 0 radical (unpaired) electrons. The van der Waals surface area contributed by atoms with Gasteiger partial charge in [-0.25, -0.2) is 0 Å². The first-order chi connectivity index (χ1) is 9.86. The quantitative estimate of drug-likeness (QED) is 0.651. The molecule has 3 atom stereocenters. The smallest absolute Gasteiger partial charge is 0.275 e. The molecule has 5 heteroatoms. The molecular formula is C16H24N2O3. The summed E-state index contributed by atoms with van der Waals surface area (Å²) < 4.78 is 5.61. The number of nitro groups is 1. The van der Waals surface area contributed by atoms with Crippen LogP contribution in [0.1, 0.15) is 40.5 Å². The second-order valence-electron chi connectivity index (χ2n) is 6.30. The molecule has 1 saturated carbocycles. The Bertz CT molecular complexity index is 516. The minimum atomic E-state index is -0.376. The van der Waals surface area contributed by atoms with Crippen molar-refractivity contribution >= 4 is 11.4 Å². The van der Waals surface area contributed by atoms with Crippen LogP contribution in [0.5, 0.6) is 5.75 Å². The van der Waals surface area contributed by atoms with E-state index in [2.05, 4.69) is 19.2 Å². The number of hydrogen-bond acceptors (Lipinski definition) is 4. The molecule has 1 aromatic carbocycles. The van der Waals surface area contributed by atoms with Crippen LogP contribution in [0.25, 0.3) is 0 Å². The molecule has 0 saturated heterocycles. The zero-order chi connectivity index (χ0) is 15.6. The molecule has 0 aromatic heterocycles. The maximum atomic E-state index is 11.1. The molecule has 116 valence electrons. The third-order valence-corrected chi connectivity index (χ3v) is 4.29. The molecule has 21 heavy (non-hydrogen) atoms. The summed E-state index contributed by atoms with van der Waals surface area (Å²) in [4.78, 5) is 10.7. The van der Waals surface area contributed by atoms with Crippen molar-refractivity contribution in [3.63, 3.8) is 0 Å². The molecule has 1 fully saturated rings. The SMILES string of the molecule is CC(C)Oc1cc(NC2CCC(C)C2C)cc([N+](=O)[O-])c1. The summed E-state index contributed by atoms with van der Waals surface area (Å²) in [6, 6.07) is 5.28. The Kier molecular flexibility index (Phi) is 4.70. The van der Waals surface area contributed by atoms with E-state index in [1.807, 2.05) is 19.9 Å². The third-order valence-electron chi connectivity index (χ3n) is 4.29. The lowest BCUT2D eigenvalue weighted by Gasteiger charge is -2.21. The average Bonchev–Trinajstić information content (AvgIpc) is 2.69. The molecule has 0 heterocycles. The van der Waals surface area contributed by atoms with Crippen molar-refractivity contribution in [3.05, 3.63) is 28.3 Å². The fourth-order valence-corrected chi connectivity index (χ4v) is 2.89. The minimum absolute atomic E-state index is 0.00900. The van der Waals surface area contributed by atoms with Gasteiger partial charge >= 0.3 is 0 Å². The zero-order valence-corrected chi connectivity index (χ0v) is 13.1. The van der Waals surface area contributed by atoms with E-state index in [1.165, 1.54) is 12.5 Å². The fourth-order valence-electron chi connectivity index (χ4n) is 2.89. The highest BCUT2D eigenvalue weighted by Crippen LogP contribution is 2.35. The van der Waals surface area contributed by atoms with Gasteiger partial charge in [0.05, 0.1) is 17.1 Å². The van der Waals surface area contributed by atoms with E-state index in [9.17, 15) is 10.1 Å². The van der Waals surface area contributed by atoms with Gasteiger partial charge in [-0.2, -0.15) is 0 Å². The Balaban J connectivity index is 2.21. The maximum Gasteiger partial charge on any atom is 0.275 e. The van der Waals surface area contributed by atoms with Crippen LogP contribution in [0.4, 0.5) is 11.4 Å². The molecular weight excluding hydrogens is 268 g/mol. The van der Waals surface area contributed by atoms with Crippen molar-refractivity contribution in [3.8, 4) is 5.75 Å². The number of ether oxygens (including phenoxy) is 1. The lowest BCUT2D eigenvalue weighted by atomic mass is 9.97. The van der Waals surface area contributed by atoms with Gasteiger partial charge in [0.1, 0.15) is 5.75 Å². The summed E-state index contributed by atoms with van der Waals surface area (Å²) in [5.41, 5.74) is 0.833. The molecule has 1 aliphatic carbocycles. The van der Waals surface area contributed by atoms with Crippen LogP contribution in [0.2, 0.25) is 0 Å². The van der Waals surface area contributed by atoms with Crippen LogP contribution in [0, 0.1) is 22.0 Å². The van der Waals surface area contributed by atoms with Gasteiger partial charge in [-0.1, -0.05) is 13.8 Å². The first kappa shape index (κ1) is 15.6. The van der Waals surface area contributed by atoms with E-state index < -0.39 is 0 Å². The van der Waals surface area contributed by atoms with E-state index in [4.69, 9.17) is 4.74 Å². The van der Waals surface area contributed by atoms with Crippen LogP contribution < -0.4 is 10.1 Å². The number of nitrogens with one attached hydrogen (secondary N) is 1. The minimum Gasteiger partial charge on any atom is -0.491 e. The highest BCUT2D eigenvalue weighted by Gasteiger charge is 2.29. The maximum absolute atomic E-state index is 11.1. The van der Waals surface area contributed by atoms with Crippen molar-refractivity contribution in [2.45, 2.75) is 52.7 Å². The number of rotatable bonds is 5. The number of nitrogens with zero attached hydrogens (tertiary/aromatic N) is 1. The van der Waals surface area contributed by atoms with Crippen LogP contribution in [0.15, 0.2) is 18.2 Å². The first-order valence-electron chi connectivity index (χ1n) is 7.59. The average molecular weight is 292 g/mol. The topological polar surface area (TPSA) is 64.4 Å². The molecule has 1 aliphatic rings. The summed E-state index contributed by atoms with van der Waals surface area (Å²) in [5.74, 6) is 1.80. The zero-order valence-electron chi connectivity index (χ0n) is 13.1. The van der Waals surface area contributed by atoms with E-state index in [1.54, 1.807) is 6.07 Å².